The highest BCUT2D eigenvalue weighted by Gasteiger charge is 2.05. The number of hydrogen-bond acceptors (Lipinski definition) is 2. The van der Waals surface area contributed by atoms with Gasteiger partial charge in [0.1, 0.15) is 0 Å². The summed E-state index contributed by atoms with van der Waals surface area (Å²) in [7, 11) is 0. The van der Waals surface area contributed by atoms with Crippen LogP contribution in [0.4, 0.5) is 16.2 Å². The molecule has 0 heterocycles. The first-order valence-corrected chi connectivity index (χ1v) is 7.51. The number of nitrogens with two attached hydrogens (primary N) is 1. The van der Waals surface area contributed by atoms with E-state index in [9.17, 15) is 4.79 Å². The Balaban J connectivity index is 1.99. The summed E-state index contributed by atoms with van der Waals surface area (Å²) in [5.41, 5.74) is 8.10. The first kappa shape index (κ1) is 15.8. The minimum atomic E-state index is -0.332. The molecule has 1 unspecified atom stereocenters. The van der Waals surface area contributed by atoms with Crippen LogP contribution in [0.1, 0.15) is 18.5 Å². The summed E-state index contributed by atoms with van der Waals surface area (Å²) >= 11 is 9.27. The summed E-state index contributed by atoms with van der Waals surface area (Å²) in [5.74, 6) is 0. The molecule has 6 heteroatoms. The molecule has 4 N–H and O–H groups in total. The van der Waals surface area contributed by atoms with Crippen LogP contribution < -0.4 is 16.4 Å². The van der Waals surface area contributed by atoms with E-state index in [4.69, 9.17) is 17.3 Å². The van der Waals surface area contributed by atoms with Crippen LogP contribution in [-0.4, -0.2) is 6.03 Å². The summed E-state index contributed by atoms with van der Waals surface area (Å²) < 4.78 is 0.779. The van der Waals surface area contributed by atoms with Gasteiger partial charge in [0.05, 0.1) is 5.02 Å². The Morgan fingerprint density at radius 3 is 2.29 bits per heavy atom. The van der Waals surface area contributed by atoms with E-state index in [0.717, 1.165) is 10.0 Å². The zero-order valence-electron chi connectivity index (χ0n) is 11.4. The third-order valence-electron chi connectivity index (χ3n) is 2.87. The van der Waals surface area contributed by atoms with Gasteiger partial charge in [0.25, 0.3) is 0 Å². The number of anilines is 2. The molecule has 4 nitrogen and oxygen atoms in total. The smallest absolute Gasteiger partial charge is 0.323 e. The van der Waals surface area contributed by atoms with Crippen molar-refractivity contribution in [2.24, 2.45) is 5.73 Å². The van der Waals surface area contributed by atoms with Crippen molar-refractivity contribution >= 4 is 44.9 Å². The second-order valence-corrected chi connectivity index (χ2v) is 5.88. The third kappa shape index (κ3) is 4.46. The molecule has 0 saturated carbocycles. The molecule has 110 valence electrons. The number of amides is 2. The van der Waals surface area contributed by atoms with Gasteiger partial charge in [-0.2, -0.15) is 0 Å². The zero-order valence-corrected chi connectivity index (χ0v) is 13.7. The fourth-order valence-corrected chi connectivity index (χ4v) is 2.16. The van der Waals surface area contributed by atoms with Crippen LogP contribution in [0.25, 0.3) is 0 Å². The van der Waals surface area contributed by atoms with E-state index in [-0.39, 0.29) is 12.1 Å². The van der Waals surface area contributed by atoms with E-state index in [0.29, 0.717) is 16.4 Å². The Hall–Kier alpha value is -1.56. The van der Waals surface area contributed by atoms with Crippen LogP contribution in [-0.2, 0) is 0 Å². The van der Waals surface area contributed by atoms with E-state index >= 15 is 0 Å². The van der Waals surface area contributed by atoms with Crippen molar-refractivity contribution in [3.8, 4) is 0 Å². The molecule has 0 fully saturated rings. The fraction of sp³-hybridized carbons (Fsp3) is 0.133. The van der Waals surface area contributed by atoms with Gasteiger partial charge in [0, 0.05) is 21.9 Å². The zero-order chi connectivity index (χ0) is 15.4. The Bertz CT molecular complexity index is 644. The largest absolute Gasteiger partial charge is 0.324 e. The van der Waals surface area contributed by atoms with Crippen LogP contribution in [0.2, 0.25) is 5.02 Å². The quantitative estimate of drug-likeness (QED) is 0.730. The van der Waals surface area contributed by atoms with Gasteiger partial charge >= 0.3 is 6.03 Å². The number of nitrogens with one attached hydrogen (secondary N) is 2. The second-order valence-electron chi connectivity index (χ2n) is 4.62. The average molecular weight is 369 g/mol. The maximum absolute atomic E-state index is 11.9. The number of urea groups is 1. The van der Waals surface area contributed by atoms with Gasteiger partial charge in [0.2, 0.25) is 0 Å². The molecule has 21 heavy (non-hydrogen) atoms. The molecule has 0 aliphatic heterocycles. The van der Waals surface area contributed by atoms with Crippen molar-refractivity contribution in [3.05, 3.63) is 57.5 Å². The number of carbonyl (C=O) groups excluding carboxylic acids is 1. The van der Waals surface area contributed by atoms with Gasteiger partial charge in [-0.3, -0.25) is 0 Å². The lowest BCUT2D eigenvalue weighted by molar-refractivity contribution is 0.262. The van der Waals surface area contributed by atoms with Crippen molar-refractivity contribution in [1.29, 1.82) is 0 Å². The highest BCUT2D eigenvalue weighted by atomic mass is 79.9. The topological polar surface area (TPSA) is 67.1 Å². The van der Waals surface area contributed by atoms with Crippen molar-refractivity contribution in [2.45, 2.75) is 13.0 Å². The van der Waals surface area contributed by atoms with Crippen LogP contribution in [0.5, 0.6) is 0 Å². The number of halogens is 2. The van der Waals surface area contributed by atoms with Crippen molar-refractivity contribution in [1.82, 2.24) is 0 Å². The van der Waals surface area contributed by atoms with E-state index in [2.05, 4.69) is 26.6 Å². The molecule has 2 rings (SSSR count). The molecule has 2 aromatic carbocycles. The van der Waals surface area contributed by atoms with Crippen LogP contribution in [0, 0.1) is 0 Å². The van der Waals surface area contributed by atoms with E-state index in [1.165, 1.54) is 0 Å². The monoisotopic (exact) mass is 367 g/mol. The molecular weight excluding hydrogens is 354 g/mol. The highest BCUT2D eigenvalue weighted by Crippen LogP contribution is 2.25. The molecule has 1 atom stereocenters. The number of carbonyl (C=O) groups is 1. The fourth-order valence-electron chi connectivity index (χ4n) is 1.74. The molecule has 2 aromatic rings. The lowest BCUT2D eigenvalue weighted by Gasteiger charge is -2.10. The first-order valence-electron chi connectivity index (χ1n) is 6.34. The summed E-state index contributed by atoms with van der Waals surface area (Å²) in [4.78, 5) is 11.9. The summed E-state index contributed by atoms with van der Waals surface area (Å²) in [6.07, 6.45) is 0. The second kappa shape index (κ2) is 6.93. The lowest BCUT2D eigenvalue weighted by atomic mass is 10.1. The third-order valence-corrected chi connectivity index (χ3v) is 4.10. The Kier molecular flexibility index (Phi) is 5.22. The Labute approximate surface area is 136 Å². The molecule has 0 aliphatic rings. The minimum absolute atomic E-state index is 0.0298. The number of rotatable bonds is 3. The maximum atomic E-state index is 11.9. The van der Waals surface area contributed by atoms with Crippen molar-refractivity contribution in [2.75, 3.05) is 10.6 Å². The SMILES string of the molecule is CC(N)c1ccc(NC(=O)Nc2ccc(Br)c(Cl)c2)cc1. The van der Waals surface area contributed by atoms with Gasteiger partial charge in [-0.05, 0) is 58.7 Å². The first-order chi connectivity index (χ1) is 9.95. The molecule has 0 saturated heterocycles. The Morgan fingerprint density at radius 2 is 1.71 bits per heavy atom. The predicted molar refractivity (Wildman–Crippen MR) is 90.8 cm³/mol. The molecule has 2 amide bonds. The summed E-state index contributed by atoms with van der Waals surface area (Å²) in [6.45, 7) is 1.91. The number of benzene rings is 2. The van der Waals surface area contributed by atoms with Crippen LogP contribution in [0.3, 0.4) is 0 Å². The molecule has 0 aromatic heterocycles. The molecule has 0 spiro atoms. The van der Waals surface area contributed by atoms with Crippen molar-refractivity contribution < 1.29 is 4.79 Å². The van der Waals surface area contributed by atoms with E-state index in [1.807, 2.05) is 31.2 Å². The maximum Gasteiger partial charge on any atom is 0.323 e. The van der Waals surface area contributed by atoms with Crippen LogP contribution >= 0.6 is 27.5 Å². The minimum Gasteiger partial charge on any atom is -0.324 e. The average Bonchev–Trinajstić information content (AvgIpc) is 2.43. The van der Waals surface area contributed by atoms with E-state index in [1.54, 1.807) is 18.2 Å². The van der Waals surface area contributed by atoms with Gasteiger partial charge in [-0.25, -0.2) is 4.79 Å². The summed E-state index contributed by atoms with van der Waals surface area (Å²) in [5, 5.41) is 6.00. The normalized spacial score (nSPS) is 11.8. The predicted octanol–water partition coefficient (Wildman–Crippen LogP) is 4.77. The van der Waals surface area contributed by atoms with Gasteiger partial charge in [-0.15, -0.1) is 0 Å². The summed E-state index contributed by atoms with van der Waals surface area (Å²) in [6, 6.07) is 12.2. The van der Waals surface area contributed by atoms with Crippen LogP contribution in [0.15, 0.2) is 46.9 Å². The standard InChI is InChI=1S/C15H15BrClN3O/c1-9(18)10-2-4-11(5-3-10)19-15(21)20-12-6-7-13(16)14(17)8-12/h2-9H,18H2,1H3,(H2,19,20,21). The number of hydrogen-bond donors (Lipinski definition) is 3. The Morgan fingerprint density at radius 1 is 1.14 bits per heavy atom. The molecular formula is C15H15BrClN3O. The van der Waals surface area contributed by atoms with Gasteiger partial charge in [-0.1, -0.05) is 23.7 Å². The lowest BCUT2D eigenvalue weighted by Crippen LogP contribution is -2.19. The van der Waals surface area contributed by atoms with Crippen molar-refractivity contribution in [3.63, 3.8) is 0 Å². The van der Waals surface area contributed by atoms with Gasteiger partial charge in [0.15, 0.2) is 0 Å². The van der Waals surface area contributed by atoms with Gasteiger partial charge < -0.3 is 16.4 Å². The highest BCUT2D eigenvalue weighted by molar-refractivity contribution is 9.10. The molecule has 0 radical (unpaired) electrons. The molecule has 0 aliphatic carbocycles. The molecule has 0 bridgehead atoms. The van der Waals surface area contributed by atoms with E-state index < -0.39 is 0 Å².